The summed E-state index contributed by atoms with van der Waals surface area (Å²) in [6, 6.07) is 14.5. The summed E-state index contributed by atoms with van der Waals surface area (Å²) in [6.07, 6.45) is 2.87. The average Bonchev–Trinajstić information content (AvgIpc) is 2.45. The van der Waals surface area contributed by atoms with E-state index in [2.05, 4.69) is 46.3 Å². The van der Waals surface area contributed by atoms with Crippen molar-refractivity contribution in [2.75, 3.05) is 13.6 Å². The number of carbonyl (C=O) groups is 1. The van der Waals surface area contributed by atoms with Crippen LogP contribution >= 0.6 is 15.9 Å². The standard InChI is InChI=1S/C18H20BrNO/c1-20(12-14-9-17(19)10-14)18(21)11-13-6-7-15-4-2-3-5-16(15)8-13/h2-8,14,17H,9-12H2,1H3. The number of carbonyl (C=O) groups excluding carboxylic acids is 1. The summed E-state index contributed by atoms with van der Waals surface area (Å²) in [5, 5.41) is 2.42. The van der Waals surface area contributed by atoms with E-state index in [9.17, 15) is 4.79 Å². The number of rotatable bonds is 4. The highest BCUT2D eigenvalue weighted by molar-refractivity contribution is 9.09. The minimum Gasteiger partial charge on any atom is -0.345 e. The number of hydrogen-bond donors (Lipinski definition) is 0. The molecular formula is C18H20BrNO. The molecule has 0 atom stereocenters. The lowest BCUT2D eigenvalue weighted by Gasteiger charge is -2.34. The zero-order valence-electron chi connectivity index (χ0n) is 12.3. The molecule has 2 aromatic carbocycles. The first-order chi connectivity index (χ1) is 10.1. The Hall–Kier alpha value is -1.35. The van der Waals surface area contributed by atoms with Crippen molar-refractivity contribution < 1.29 is 4.79 Å². The van der Waals surface area contributed by atoms with Crippen molar-refractivity contribution in [3.05, 3.63) is 48.0 Å². The van der Waals surface area contributed by atoms with E-state index in [1.807, 2.05) is 24.1 Å². The number of hydrogen-bond acceptors (Lipinski definition) is 1. The van der Waals surface area contributed by atoms with Crippen LogP contribution in [0.4, 0.5) is 0 Å². The van der Waals surface area contributed by atoms with E-state index in [0.29, 0.717) is 17.2 Å². The predicted molar refractivity (Wildman–Crippen MR) is 90.7 cm³/mol. The van der Waals surface area contributed by atoms with Gasteiger partial charge in [-0.3, -0.25) is 4.79 Å². The van der Waals surface area contributed by atoms with Crippen molar-refractivity contribution in [2.45, 2.75) is 24.1 Å². The molecule has 21 heavy (non-hydrogen) atoms. The number of fused-ring (bicyclic) bond motifs is 1. The largest absolute Gasteiger partial charge is 0.345 e. The molecule has 0 radical (unpaired) electrons. The van der Waals surface area contributed by atoms with E-state index in [1.165, 1.54) is 23.6 Å². The number of benzene rings is 2. The Balaban J connectivity index is 1.62. The van der Waals surface area contributed by atoms with Gasteiger partial charge < -0.3 is 4.90 Å². The van der Waals surface area contributed by atoms with Crippen LogP contribution in [0, 0.1) is 5.92 Å². The van der Waals surface area contributed by atoms with Crippen LogP contribution in [0.5, 0.6) is 0 Å². The molecule has 110 valence electrons. The van der Waals surface area contributed by atoms with Gasteiger partial charge >= 0.3 is 0 Å². The molecule has 1 amide bonds. The van der Waals surface area contributed by atoms with Crippen molar-refractivity contribution >= 4 is 32.6 Å². The van der Waals surface area contributed by atoms with Gasteiger partial charge in [0.25, 0.3) is 0 Å². The summed E-state index contributed by atoms with van der Waals surface area (Å²) in [4.78, 5) is 14.9. The normalized spacial score (nSPS) is 21.0. The number of amides is 1. The van der Waals surface area contributed by atoms with Gasteiger partial charge in [0, 0.05) is 18.4 Å². The maximum Gasteiger partial charge on any atom is 0.226 e. The van der Waals surface area contributed by atoms with Crippen LogP contribution in [-0.2, 0) is 11.2 Å². The van der Waals surface area contributed by atoms with Crippen LogP contribution in [0.1, 0.15) is 18.4 Å². The Kier molecular flexibility index (Phi) is 4.29. The Morgan fingerprint density at radius 1 is 1.19 bits per heavy atom. The van der Waals surface area contributed by atoms with Crippen LogP contribution in [0.25, 0.3) is 10.8 Å². The summed E-state index contributed by atoms with van der Waals surface area (Å²) in [6.45, 7) is 0.883. The summed E-state index contributed by atoms with van der Waals surface area (Å²) < 4.78 is 0. The Bertz CT molecular complexity index is 648. The Labute approximate surface area is 134 Å². The molecule has 0 spiro atoms. The predicted octanol–water partition coefficient (Wildman–Crippen LogP) is 4.01. The van der Waals surface area contributed by atoms with Gasteiger partial charge in [0.2, 0.25) is 5.91 Å². The topological polar surface area (TPSA) is 20.3 Å². The van der Waals surface area contributed by atoms with Gasteiger partial charge in [-0.15, -0.1) is 0 Å². The first kappa shape index (κ1) is 14.6. The van der Waals surface area contributed by atoms with E-state index in [-0.39, 0.29) is 5.91 Å². The van der Waals surface area contributed by atoms with Crippen LogP contribution in [0.2, 0.25) is 0 Å². The summed E-state index contributed by atoms with van der Waals surface area (Å²) >= 11 is 3.60. The second-order valence-electron chi connectivity index (χ2n) is 6.07. The fraction of sp³-hybridized carbons (Fsp3) is 0.389. The number of alkyl halides is 1. The van der Waals surface area contributed by atoms with Crippen LogP contribution < -0.4 is 0 Å². The molecule has 3 rings (SSSR count). The summed E-state index contributed by atoms with van der Waals surface area (Å²) in [7, 11) is 1.92. The van der Waals surface area contributed by atoms with Gasteiger partial charge in [-0.05, 0) is 35.1 Å². The van der Waals surface area contributed by atoms with Gasteiger partial charge in [0.1, 0.15) is 0 Å². The molecule has 1 fully saturated rings. The summed E-state index contributed by atoms with van der Waals surface area (Å²) in [5.74, 6) is 0.878. The minimum absolute atomic E-state index is 0.211. The first-order valence-electron chi connectivity index (χ1n) is 7.47. The molecule has 1 saturated carbocycles. The highest BCUT2D eigenvalue weighted by Crippen LogP contribution is 2.33. The third kappa shape index (κ3) is 3.46. The SMILES string of the molecule is CN(CC1CC(Br)C1)C(=O)Cc1ccc2ccccc2c1. The monoisotopic (exact) mass is 345 g/mol. The van der Waals surface area contributed by atoms with Gasteiger partial charge in [-0.2, -0.15) is 0 Å². The number of likely N-dealkylation sites (N-methyl/N-ethyl adjacent to an activating group) is 1. The highest BCUT2D eigenvalue weighted by atomic mass is 79.9. The zero-order chi connectivity index (χ0) is 14.8. The minimum atomic E-state index is 0.211. The number of nitrogens with zero attached hydrogens (tertiary/aromatic N) is 1. The highest BCUT2D eigenvalue weighted by Gasteiger charge is 2.28. The van der Waals surface area contributed by atoms with E-state index in [1.54, 1.807) is 0 Å². The maximum absolute atomic E-state index is 12.3. The molecule has 1 aliphatic rings. The van der Waals surface area contributed by atoms with E-state index in [0.717, 1.165) is 12.1 Å². The van der Waals surface area contributed by atoms with E-state index < -0.39 is 0 Å². The second kappa shape index (κ2) is 6.18. The van der Waals surface area contributed by atoms with Crippen molar-refractivity contribution in [2.24, 2.45) is 5.92 Å². The average molecular weight is 346 g/mol. The lowest BCUT2D eigenvalue weighted by Crippen LogP contribution is -2.38. The molecule has 0 bridgehead atoms. The molecule has 0 N–H and O–H groups in total. The smallest absolute Gasteiger partial charge is 0.226 e. The van der Waals surface area contributed by atoms with E-state index in [4.69, 9.17) is 0 Å². The third-order valence-corrected chi connectivity index (χ3v) is 5.05. The van der Waals surface area contributed by atoms with E-state index >= 15 is 0 Å². The van der Waals surface area contributed by atoms with Crippen LogP contribution in [0.3, 0.4) is 0 Å². The second-order valence-corrected chi connectivity index (χ2v) is 7.36. The lowest BCUT2D eigenvalue weighted by molar-refractivity contribution is -0.130. The van der Waals surface area contributed by atoms with Gasteiger partial charge in [0.05, 0.1) is 6.42 Å². The Morgan fingerprint density at radius 2 is 1.90 bits per heavy atom. The molecule has 0 heterocycles. The number of halogens is 1. The molecule has 0 aliphatic heterocycles. The van der Waals surface area contributed by atoms with Gasteiger partial charge in [-0.1, -0.05) is 58.4 Å². The Morgan fingerprint density at radius 3 is 2.62 bits per heavy atom. The fourth-order valence-corrected chi connectivity index (χ4v) is 4.01. The molecule has 1 aliphatic carbocycles. The molecule has 2 aromatic rings. The molecule has 2 nitrogen and oxygen atoms in total. The summed E-state index contributed by atoms with van der Waals surface area (Å²) in [5.41, 5.74) is 1.09. The molecular weight excluding hydrogens is 326 g/mol. The zero-order valence-corrected chi connectivity index (χ0v) is 13.8. The van der Waals surface area contributed by atoms with Crippen molar-refractivity contribution in [1.82, 2.24) is 4.90 Å². The van der Waals surface area contributed by atoms with Crippen LogP contribution in [0.15, 0.2) is 42.5 Å². The first-order valence-corrected chi connectivity index (χ1v) is 8.39. The molecule has 0 unspecified atom stereocenters. The van der Waals surface area contributed by atoms with Crippen molar-refractivity contribution in [1.29, 1.82) is 0 Å². The quantitative estimate of drug-likeness (QED) is 0.766. The van der Waals surface area contributed by atoms with Crippen molar-refractivity contribution in [3.63, 3.8) is 0 Å². The lowest BCUT2D eigenvalue weighted by atomic mass is 9.85. The van der Waals surface area contributed by atoms with Crippen molar-refractivity contribution in [3.8, 4) is 0 Å². The molecule has 0 aromatic heterocycles. The fourth-order valence-electron chi connectivity index (χ4n) is 2.95. The van der Waals surface area contributed by atoms with Gasteiger partial charge in [0.15, 0.2) is 0 Å². The molecule has 0 saturated heterocycles. The third-order valence-electron chi connectivity index (χ3n) is 4.31. The maximum atomic E-state index is 12.3. The van der Waals surface area contributed by atoms with Crippen LogP contribution in [-0.4, -0.2) is 29.2 Å². The molecule has 3 heteroatoms. The van der Waals surface area contributed by atoms with Gasteiger partial charge in [-0.25, -0.2) is 0 Å².